The van der Waals surface area contributed by atoms with E-state index in [1.807, 2.05) is 6.07 Å². The highest BCUT2D eigenvalue weighted by molar-refractivity contribution is 8.26. The summed E-state index contributed by atoms with van der Waals surface area (Å²) in [6.07, 6.45) is 8.19. The number of amides is 1. The van der Waals surface area contributed by atoms with E-state index in [9.17, 15) is 9.18 Å². The zero-order valence-electron chi connectivity index (χ0n) is 15.3. The van der Waals surface area contributed by atoms with Crippen molar-refractivity contribution < 1.29 is 13.9 Å². The van der Waals surface area contributed by atoms with Crippen LogP contribution in [0.4, 0.5) is 4.39 Å². The summed E-state index contributed by atoms with van der Waals surface area (Å²) < 4.78 is 19.9. The molecule has 1 aromatic carbocycles. The molecule has 0 spiro atoms. The summed E-state index contributed by atoms with van der Waals surface area (Å²) >= 11 is 12.5. The van der Waals surface area contributed by atoms with Gasteiger partial charge in [0.25, 0.3) is 11.8 Å². The maximum Gasteiger partial charge on any atom is 0.266 e. The molecule has 2 heterocycles. The standard InChI is InChI=1S/C20H17ClFN3O2S2/c21-19-23-11-15(22)17(24-19)27-14-8-4-5-12(9-14)10-16-18(26)25(20(28)29-16)13-6-2-1-3-7-13/h4-5,8-11,13H,1-3,6-7H2/b16-10-. The molecule has 2 aliphatic rings. The molecule has 0 unspecified atom stereocenters. The van der Waals surface area contributed by atoms with Crippen LogP contribution in [0.5, 0.6) is 11.6 Å². The molecule has 0 N–H and O–H groups in total. The van der Waals surface area contributed by atoms with Gasteiger partial charge in [0.15, 0.2) is 0 Å². The Morgan fingerprint density at radius 1 is 1.31 bits per heavy atom. The summed E-state index contributed by atoms with van der Waals surface area (Å²) in [6.45, 7) is 0. The van der Waals surface area contributed by atoms with Crippen LogP contribution in [-0.4, -0.2) is 31.1 Å². The van der Waals surface area contributed by atoms with Crippen LogP contribution in [0.25, 0.3) is 6.08 Å². The van der Waals surface area contributed by atoms with Crippen molar-refractivity contribution in [2.75, 3.05) is 0 Å². The van der Waals surface area contributed by atoms with Crippen molar-refractivity contribution >= 4 is 51.9 Å². The number of hydrogen-bond acceptors (Lipinski definition) is 6. The first kappa shape index (κ1) is 20.3. The number of benzene rings is 1. The SMILES string of the molecule is O=C1/C(=C/c2cccc(Oc3nc(Cl)ncc3F)c2)SC(=S)N1C1CCCCC1. The summed E-state index contributed by atoms with van der Waals surface area (Å²) in [4.78, 5) is 22.6. The van der Waals surface area contributed by atoms with Crippen molar-refractivity contribution in [2.45, 2.75) is 38.1 Å². The zero-order chi connectivity index (χ0) is 20.4. The first-order valence-corrected chi connectivity index (χ1v) is 10.8. The summed E-state index contributed by atoms with van der Waals surface area (Å²) in [5, 5.41) is -0.107. The molecule has 29 heavy (non-hydrogen) atoms. The number of halogens is 2. The maximum atomic E-state index is 13.8. The molecule has 4 rings (SSSR count). The second-order valence-electron chi connectivity index (χ2n) is 6.81. The van der Waals surface area contributed by atoms with Crippen LogP contribution >= 0.6 is 35.6 Å². The van der Waals surface area contributed by atoms with E-state index in [4.69, 9.17) is 28.6 Å². The summed E-state index contributed by atoms with van der Waals surface area (Å²) in [5.41, 5.74) is 0.743. The summed E-state index contributed by atoms with van der Waals surface area (Å²) in [6, 6.07) is 7.15. The average molecular weight is 450 g/mol. The molecule has 0 atom stereocenters. The molecular weight excluding hydrogens is 433 g/mol. The molecule has 2 fully saturated rings. The van der Waals surface area contributed by atoms with Gasteiger partial charge in [-0.25, -0.2) is 4.98 Å². The van der Waals surface area contributed by atoms with Gasteiger partial charge in [-0.2, -0.15) is 9.37 Å². The predicted molar refractivity (Wildman–Crippen MR) is 115 cm³/mol. The number of ether oxygens (including phenoxy) is 1. The van der Waals surface area contributed by atoms with E-state index < -0.39 is 5.82 Å². The number of hydrogen-bond donors (Lipinski definition) is 0. The van der Waals surface area contributed by atoms with Gasteiger partial charge in [-0.05, 0) is 48.2 Å². The minimum atomic E-state index is -0.715. The highest BCUT2D eigenvalue weighted by atomic mass is 35.5. The number of thiocarbonyl (C=S) groups is 1. The quantitative estimate of drug-likeness (QED) is 0.344. The van der Waals surface area contributed by atoms with Crippen LogP contribution in [0.15, 0.2) is 35.4 Å². The van der Waals surface area contributed by atoms with Gasteiger partial charge >= 0.3 is 0 Å². The van der Waals surface area contributed by atoms with Gasteiger partial charge in [0.1, 0.15) is 10.1 Å². The Morgan fingerprint density at radius 3 is 2.90 bits per heavy atom. The fraction of sp³-hybridized carbons (Fsp3) is 0.300. The van der Waals surface area contributed by atoms with Crippen molar-refractivity contribution in [3.63, 3.8) is 0 Å². The second kappa shape index (κ2) is 8.77. The lowest BCUT2D eigenvalue weighted by Crippen LogP contribution is -2.39. The minimum Gasteiger partial charge on any atom is -0.436 e. The van der Waals surface area contributed by atoms with E-state index in [0.717, 1.165) is 37.4 Å². The Hall–Kier alpha value is -2.03. The third-order valence-electron chi connectivity index (χ3n) is 4.82. The molecule has 5 nitrogen and oxygen atoms in total. The van der Waals surface area contributed by atoms with Gasteiger partial charge in [0.05, 0.1) is 11.1 Å². The van der Waals surface area contributed by atoms with Crippen LogP contribution in [0, 0.1) is 5.82 Å². The molecule has 1 saturated carbocycles. The largest absolute Gasteiger partial charge is 0.436 e. The van der Waals surface area contributed by atoms with Gasteiger partial charge in [-0.15, -0.1) is 0 Å². The Morgan fingerprint density at radius 2 is 2.10 bits per heavy atom. The lowest BCUT2D eigenvalue weighted by atomic mass is 9.94. The Bertz CT molecular complexity index is 995. The first-order chi connectivity index (χ1) is 14.0. The van der Waals surface area contributed by atoms with Crippen molar-refractivity contribution in [3.05, 3.63) is 52.0 Å². The van der Waals surface area contributed by atoms with Gasteiger partial charge in [-0.1, -0.05) is 55.4 Å². The van der Waals surface area contributed by atoms with E-state index in [0.29, 0.717) is 15.0 Å². The number of nitrogens with zero attached hydrogens (tertiary/aromatic N) is 3. The van der Waals surface area contributed by atoms with E-state index >= 15 is 0 Å². The van der Waals surface area contributed by atoms with Crippen molar-refractivity contribution in [3.8, 4) is 11.6 Å². The normalized spacial score (nSPS) is 19.2. The highest BCUT2D eigenvalue weighted by Crippen LogP contribution is 2.37. The monoisotopic (exact) mass is 449 g/mol. The number of carbonyl (C=O) groups is 1. The topological polar surface area (TPSA) is 55.3 Å². The van der Waals surface area contributed by atoms with Crippen LogP contribution < -0.4 is 4.74 Å². The Balaban J connectivity index is 1.54. The molecule has 150 valence electrons. The number of carbonyl (C=O) groups excluding carboxylic acids is 1. The number of rotatable bonds is 4. The fourth-order valence-electron chi connectivity index (χ4n) is 3.47. The second-order valence-corrected chi connectivity index (χ2v) is 8.82. The number of aromatic nitrogens is 2. The van der Waals surface area contributed by atoms with Crippen LogP contribution in [-0.2, 0) is 4.79 Å². The van der Waals surface area contributed by atoms with Crippen LogP contribution in [0.1, 0.15) is 37.7 Å². The van der Waals surface area contributed by atoms with Gasteiger partial charge in [-0.3, -0.25) is 9.69 Å². The lowest BCUT2D eigenvalue weighted by molar-refractivity contribution is -0.124. The third kappa shape index (κ3) is 4.60. The van der Waals surface area contributed by atoms with E-state index in [2.05, 4.69) is 9.97 Å². The van der Waals surface area contributed by atoms with Gasteiger partial charge < -0.3 is 4.74 Å². The van der Waals surface area contributed by atoms with E-state index in [1.54, 1.807) is 29.2 Å². The molecule has 1 aliphatic carbocycles. The third-order valence-corrected chi connectivity index (χ3v) is 6.33. The maximum absolute atomic E-state index is 13.8. The molecule has 2 aromatic rings. The molecule has 0 radical (unpaired) electrons. The van der Waals surface area contributed by atoms with Crippen molar-refractivity contribution in [2.24, 2.45) is 0 Å². The summed E-state index contributed by atoms with van der Waals surface area (Å²) in [5.74, 6) is -0.652. The smallest absolute Gasteiger partial charge is 0.266 e. The molecule has 1 saturated heterocycles. The first-order valence-electron chi connectivity index (χ1n) is 9.24. The van der Waals surface area contributed by atoms with Crippen LogP contribution in [0.3, 0.4) is 0 Å². The molecular formula is C20H17ClFN3O2S2. The molecule has 1 aliphatic heterocycles. The lowest BCUT2D eigenvalue weighted by Gasteiger charge is -2.29. The van der Waals surface area contributed by atoms with E-state index in [-0.39, 0.29) is 23.1 Å². The Labute approximate surface area is 182 Å². The van der Waals surface area contributed by atoms with Gasteiger partial charge in [0.2, 0.25) is 11.1 Å². The number of thioether (sulfide) groups is 1. The molecule has 1 amide bonds. The van der Waals surface area contributed by atoms with Crippen LogP contribution in [0.2, 0.25) is 5.28 Å². The molecule has 9 heteroatoms. The Kier molecular flexibility index (Phi) is 6.12. The molecule has 0 bridgehead atoms. The zero-order valence-corrected chi connectivity index (χ0v) is 17.7. The average Bonchev–Trinajstić information content (AvgIpc) is 2.99. The molecule has 1 aromatic heterocycles. The summed E-state index contributed by atoms with van der Waals surface area (Å²) in [7, 11) is 0. The fourth-order valence-corrected chi connectivity index (χ4v) is 4.99. The van der Waals surface area contributed by atoms with Crippen molar-refractivity contribution in [1.82, 2.24) is 14.9 Å². The van der Waals surface area contributed by atoms with Crippen molar-refractivity contribution in [1.29, 1.82) is 0 Å². The van der Waals surface area contributed by atoms with Gasteiger partial charge in [0, 0.05) is 6.04 Å². The van der Waals surface area contributed by atoms with E-state index in [1.165, 1.54) is 18.2 Å². The minimum absolute atomic E-state index is 0.0492. The predicted octanol–water partition coefficient (Wildman–Crippen LogP) is 5.60. The highest BCUT2D eigenvalue weighted by Gasteiger charge is 2.37.